The summed E-state index contributed by atoms with van der Waals surface area (Å²) in [6, 6.07) is 9.76. The number of carbonyl (C=O) groups is 3. The molecule has 2 rings (SSSR count). The average Bonchev–Trinajstić information content (AvgIpc) is 2.63. The standard InChI is InChI=1S/C18H19N3O5/c19-8-1-9-20-16(23)11-2-4-12(5-3-11)17(24)21-13-6-7-15(22)14(10-13)18(25)26/h2-7,10,22H,1,8-9,19H2,(H,20,23)(H,21,24)(H,25,26). The Bertz CT molecular complexity index is 818. The van der Waals surface area contributed by atoms with Crippen molar-refractivity contribution in [2.75, 3.05) is 18.4 Å². The van der Waals surface area contributed by atoms with Crippen LogP contribution < -0.4 is 16.4 Å². The van der Waals surface area contributed by atoms with Crippen LogP contribution in [0.25, 0.3) is 0 Å². The van der Waals surface area contributed by atoms with E-state index in [-0.39, 0.29) is 22.9 Å². The van der Waals surface area contributed by atoms with Gasteiger partial charge < -0.3 is 26.6 Å². The van der Waals surface area contributed by atoms with E-state index < -0.39 is 11.9 Å². The van der Waals surface area contributed by atoms with Crippen LogP contribution in [0, 0.1) is 0 Å². The summed E-state index contributed by atoms with van der Waals surface area (Å²) in [6.45, 7) is 0.963. The monoisotopic (exact) mass is 357 g/mol. The van der Waals surface area contributed by atoms with Gasteiger partial charge in [-0.05, 0) is 55.4 Å². The lowest BCUT2D eigenvalue weighted by Crippen LogP contribution is -2.26. The lowest BCUT2D eigenvalue weighted by atomic mass is 10.1. The van der Waals surface area contributed by atoms with Gasteiger partial charge in [-0.25, -0.2) is 4.79 Å². The Balaban J connectivity index is 2.05. The molecule has 0 bridgehead atoms. The number of nitrogens with one attached hydrogen (secondary N) is 2. The molecule has 136 valence electrons. The summed E-state index contributed by atoms with van der Waals surface area (Å²) in [4.78, 5) is 35.1. The molecule has 0 aliphatic heterocycles. The molecule has 0 fully saturated rings. The van der Waals surface area contributed by atoms with Gasteiger partial charge in [-0.1, -0.05) is 0 Å². The Hall–Kier alpha value is -3.39. The third kappa shape index (κ3) is 4.81. The highest BCUT2D eigenvalue weighted by atomic mass is 16.4. The van der Waals surface area contributed by atoms with Gasteiger partial charge in [-0.15, -0.1) is 0 Å². The molecular weight excluding hydrogens is 338 g/mol. The topological polar surface area (TPSA) is 142 Å². The molecule has 0 spiro atoms. The van der Waals surface area contributed by atoms with Crippen molar-refractivity contribution >= 4 is 23.5 Å². The number of anilines is 1. The lowest BCUT2D eigenvalue weighted by Gasteiger charge is -2.08. The first-order valence-corrected chi connectivity index (χ1v) is 7.88. The number of hydrogen-bond donors (Lipinski definition) is 5. The third-order valence-electron chi connectivity index (χ3n) is 3.56. The van der Waals surface area contributed by atoms with E-state index in [1.807, 2.05) is 0 Å². The molecule has 6 N–H and O–H groups in total. The molecule has 2 aromatic rings. The molecule has 0 saturated carbocycles. The van der Waals surface area contributed by atoms with Crippen molar-refractivity contribution in [3.05, 3.63) is 59.2 Å². The van der Waals surface area contributed by atoms with Crippen LogP contribution in [0.3, 0.4) is 0 Å². The van der Waals surface area contributed by atoms with Crippen LogP contribution in [0.2, 0.25) is 0 Å². The maximum absolute atomic E-state index is 12.2. The zero-order chi connectivity index (χ0) is 19.1. The number of hydrogen-bond acceptors (Lipinski definition) is 5. The van der Waals surface area contributed by atoms with Crippen LogP contribution in [-0.2, 0) is 0 Å². The first-order valence-electron chi connectivity index (χ1n) is 7.88. The molecule has 2 amide bonds. The third-order valence-corrected chi connectivity index (χ3v) is 3.56. The quantitative estimate of drug-likeness (QED) is 0.375. The van der Waals surface area contributed by atoms with E-state index in [1.54, 1.807) is 0 Å². The average molecular weight is 357 g/mol. The Kier molecular flexibility index (Phi) is 6.29. The summed E-state index contributed by atoms with van der Waals surface area (Å²) in [5.41, 5.74) is 5.99. The van der Waals surface area contributed by atoms with Gasteiger partial charge in [-0.2, -0.15) is 0 Å². The fourth-order valence-corrected chi connectivity index (χ4v) is 2.17. The lowest BCUT2D eigenvalue weighted by molar-refractivity contribution is 0.0693. The Morgan fingerprint density at radius 2 is 1.58 bits per heavy atom. The first kappa shape index (κ1) is 18.9. The molecule has 0 radical (unpaired) electrons. The summed E-state index contributed by atoms with van der Waals surface area (Å²) < 4.78 is 0. The van der Waals surface area contributed by atoms with Crippen LogP contribution in [0.5, 0.6) is 5.75 Å². The van der Waals surface area contributed by atoms with Gasteiger partial charge in [0.05, 0.1) is 0 Å². The zero-order valence-electron chi connectivity index (χ0n) is 13.9. The second-order valence-electron chi connectivity index (χ2n) is 5.47. The number of phenols is 1. The van der Waals surface area contributed by atoms with Gasteiger partial charge in [0, 0.05) is 23.4 Å². The van der Waals surface area contributed by atoms with Gasteiger partial charge >= 0.3 is 5.97 Å². The summed E-state index contributed by atoms with van der Waals surface area (Å²) in [7, 11) is 0. The SMILES string of the molecule is NCCCNC(=O)c1ccc(C(=O)Nc2ccc(O)c(C(=O)O)c2)cc1. The molecule has 2 aromatic carbocycles. The molecule has 0 saturated heterocycles. The van der Waals surface area contributed by atoms with Crippen molar-refractivity contribution in [1.29, 1.82) is 0 Å². The highest BCUT2D eigenvalue weighted by molar-refractivity contribution is 6.05. The first-order chi connectivity index (χ1) is 12.4. The largest absolute Gasteiger partial charge is 0.507 e. The van der Waals surface area contributed by atoms with E-state index in [0.29, 0.717) is 30.6 Å². The number of aromatic hydroxyl groups is 1. The van der Waals surface area contributed by atoms with E-state index in [2.05, 4.69) is 10.6 Å². The number of carboxylic acids is 1. The second-order valence-corrected chi connectivity index (χ2v) is 5.47. The predicted molar refractivity (Wildman–Crippen MR) is 95.5 cm³/mol. The molecule has 26 heavy (non-hydrogen) atoms. The van der Waals surface area contributed by atoms with Crippen molar-refractivity contribution in [3.8, 4) is 5.75 Å². The molecular formula is C18H19N3O5. The molecule has 0 aromatic heterocycles. The van der Waals surface area contributed by atoms with Crippen molar-refractivity contribution < 1.29 is 24.6 Å². The van der Waals surface area contributed by atoms with Crippen molar-refractivity contribution in [1.82, 2.24) is 5.32 Å². The number of aromatic carboxylic acids is 1. The normalized spacial score (nSPS) is 10.2. The van der Waals surface area contributed by atoms with Crippen LogP contribution in [0.1, 0.15) is 37.5 Å². The van der Waals surface area contributed by atoms with Crippen LogP contribution in [-0.4, -0.2) is 41.1 Å². The second kappa shape index (κ2) is 8.63. The fourth-order valence-electron chi connectivity index (χ4n) is 2.17. The van der Waals surface area contributed by atoms with Gasteiger partial charge in [0.1, 0.15) is 11.3 Å². The summed E-state index contributed by atoms with van der Waals surface area (Å²) >= 11 is 0. The number of amides is 2. The van der Waals surface area contributed by atoms with Gasteiger partial charge in [0.25, 0.3) is 11.8 Å². The number of carboxylic acid groups (broad SMARTS) is 1. The molecule has 0 aliphatic carbocycles. The Morgan fingerprint density at radius 1 is 0.962 bits per heavy atom. The number of carbonyl (C=O) groups excluding carboxylic acids is 2. The fraction of sp³-hybridized carbons (Fsp3) is 0.167. The van der Waals surface area contributed by atoms with Crippen LogP contribution in [0.4, 0.5) is 5.69 Å². The van der Waals surface area contributed by atoms with Crippen molar-refractivity contribution in [2.45, 2.75) is 6.42 Å². The Morgan fingerprint density at radius 3 is 2.15 bits per heavy atom. The van der Waals surface area contributed by atoms with Crippen LogP contribution >= 0.6 is 0 Å². The number of nitrogens with two attached hydrogens (primary N) is 1. The van der Waals surface area contributed by atoms with Crippen molar-refractivity contribution in [3.63, 3.8) is 0 Å². The minimum atomic E-state index is -1.30. The smallest absolute Gasteiger partial charge is 0.339 e. The summed E-state index contributed by atoms with van der Waals surface area (Å²) in [5.74, 6) is -2.42. The van der Waals surface area contributed by atoms with E-state index in [4.69, 9.17) is 10.8 Å². The molecule has 0 aliphatic rings. The minimum absolute atomic E-state index is 0.230. The highest BCUT2D eigenvalue weighted by Crippen LogP contribution is 2.22. The molecule has 0 unspecified atom stereocenters. The maximum Gasteiger partial charge on any atom is 0.339 e. The zero-order valence-corrected chi connectivity index (χ0v) is 13.9. The minimum Gasteiger partial charge on any atom is -0.507 e. The molecule has 8 heteroatoms. The van der Waals surface area contributed by atoms with E-state index in [9.17, 15) is 19.5 Å². The van der Waals surface area contributed by atoms with Gasteiger partial charge in [0.15, 0.2) is 0 Å². The summed E-state index contributed by atoms with van der Waals surface area (Å²) in [6.07, 6.45) is 0.678. The van der Waals surface area contributed by atoms with Crippen molar-refractivity contribution in [2.24, 2.45) is 5.73 Å². The Labute approximate surface area is 149 Å². The predicted octanol–water partition coefficient (Wildman–Crippen LogP) is 1.42. The molecule has 0 heterocycles. The summed E-state index contributed by atoms with van der Waals surface area (Å²) in [5, 5.41) is 23.7. The van der Waals surface area contributed by atoms with E-state index >= 15 is 0 Å². The van der Waals surface area contributed by atoms with Gasteiger partial charge in [0.2, 0.25) is 0 Å². The van der Waals surface area contributed by atoms with Crippen LogP contribution in [0.15, 0.2) is 42.5 Å². The molecule has 0 atom stereocenters. The highest BCUT2D eigenvalue weighted by Gasteiger charge is 2.13. The number of benzene rings is 2. The van der Waals surface area contributed by atoms with Gasteiger partial charge in [-0.3, -0.25) is 9.59 Å². The van der Waals surface area contributed by atoms with E-state index in [1.165, 1.54) is 36.4 Å². The molecule has 8 nitrogen and oxygen atoms in total. The van der Waals surface area contributed by atoms with E-state index in [0.717, 1.165) is 6.07 Å². The maximum atomic E-state index is 12.2. The number of rotatable bonds is 7.